The number of rotatable bonds is 6. The molecule has 4 aromatic rings. The first kappa shape index (κ1) is 20.4. The van der Waals surface area contributed by atoms with Crippen molar-refractivity contribution in [3.63, 3.8) is 0 Å². The molecule has 0 heterocycles. The van der Waals surface area contributed by atoms with Crippen molar-refractivity contribution < 1.29 is 17.4 Å². The first-order valence-corrected chi connectivity index (χ1v) is 11.7. The lowest BCUT2D eigenvalue weighted by atomic mass is 9.82. The van der Waals surface area contributed by atoms with Gasteiger partial charge in [0.2, 0.25) is 0 Å². The zero-order valence-corrected chi connectivity index (χ0v) is 18.2. The van der Waals surface area contributed by atoms with E-state index in [4.69, 9.17) is 4.18 Å². The molecule has 4 nitrogen and oxygen atoms in total. The Morgan fingerprint density at radius 3 is 1.97 bits per heavy atom. The molecular weight excluding hydrogens is 420 g/mol. The lowest BCUT2D eigenvalue weighted by Crippen LogP contribution is -2.17. The van der Waals surface area contributed by atoms with E-state index in [-0.39, 0.29) is 10.7 Å². The van der Waals surface area contributed by atoms with Crippen molar-refractivity contribution >= 4 is 37.2 Å². The Morgan fingerprint density at radius 2 is 1.34 bits per heavy atom. The number of hydrogen-bond donors (Lipinski definition) is 0. The van der Waals surface area contributed by atoms with Crippen LogP contribution in [0.5, 0.6) is 0 Å². The van der Waals surface area contributed by atoms with Crippen LogP contribution in [0.1, 0.15) is 33.0 Å². The van der Waals surface area contributed by atoms with Gasteiger partial charge >= 0.3 is 0 Å². The van der Waals surface area contributed by atoms with Gasteiger partial charge in [-0.1, -0.05) is 97.1 Å². The molecule has 0 bridgehead atoms. The van der Waals surface area contributed by atoms with Gasteiger partial charge in [0, 0.05) is 11.1 Å². The Labute approximate surface area is 186 Å². The van der Waals surface area contributed by atoms with E-state index in [1.54, 1.807) is 30.3 Å². The van der Waals surface area contributed by atoms with E-state index < -0.39 is 16.0 Å². The van der Waals surface area contributed by atoms with Gasteiger partial charge in [0.15, 0.2) is 5.78 Å². The lowest BCUT2D eigenvalue weighted by Gasteiger charge is -2.21. The molecule has 4 aromatic carbocycles. The number of benzene rings is 4. The number of ketones is 1. The first-order valence-electron chi connectivity index (χ1n) is 10.2. The zero-order valence-electron chi connectivity index (χ0n) is 17.4. The fraction of sp³-hybridized carbons (Fsp3) is 0.0741. The van der Waals surface area contributed by atoms with Crippen LogP contribution in [0.15, 0.2) is 97.1 Å². The summed E-state index contributed by atoms with van der Waals surface area (Å²) < 4.78 is 31.4. The van der Waals surface area contributed by atoms with Crippen molar-refractivity contribution in [2.24, 2.45) is 0 Å². The molecule has 5 heteroatoms. The third-order valence-electron chi connectivity index (χ3n) is 5.90. The molecule has 1 aliphatic rings. The van der Waals surface area contributed by atoms with Crippen molar-refractivity contribution in [1.29, 1.82) is 0 Å². The van der Waals surface area contributed by atoms with E-state index in [1.807, 2.05) is 66.7 Å². The van der Waals surface area contributed by atoms with E-state index in [0.717, 1.165) is 29.0 Å². The Kier molecular flexibility index (Phi) is 5.00. The Morgan fingerprint density at radius 1 is 0.750 bits per heavy atom. The summed E-state index contributed by atoms with van der Waals surface area (Å²) in [5.74, 6) is -0.975. The molecule has 0 spiro atoms. The maximum absolute atomic E-state index is 13.9. The smallest absolute Gasteiger partial charge is 0.293 e. The third kappa shape index (κ3) is 3.18. The molecule has 0 aliphatic heterocycles. The molecule has 0 aromatic heterocycles. The van der Waals surface area contributed by atoms with Crippen molar-refractivity contribution in [3.05, 3.63) is 119 Å². The fourth-order valence-electron chi connectivity index (χ4n) is 4.53. The van der Waals surface area contributed by atoms with Gasteiger partial charge in [-0.15, -0.1) is 0 Å². The van der Waals surface area contributed by atoms with Crippen molar-refractivity contribution in [2.45, 2.75) is 5.92 Å². The second-order valence-corrected chi connectivity index (χ2v) is 9.30. The molecule has 5 rings (SSSR count). The lowest BCUT2D eigenvalue weighted by molar-refractivity contribution is 0.0980. The van der Waals surface area contributed by atoms with Crippen LogP contribution in [0, 0.1) is 0 Å². The van der Waals surface area contributed by atoms with Gasteiger partial charge in [-0.25, -0.2) is 0 Å². The monoisotopic (exact) mass is 440 g/mol. The van der Waals surface area contributed by atoms with Gasteiger partial charge in [0.05, 0.1) is 13.0 Å². The highest BCUT2D eigenvalue weighted by molar-refractivity contribution is 7.96. The summed E-state index contributed by atoms with van der Waals surface area (Å²) >= 11 is 0. The Hall–Kier alpha value is -3.54. The van der Waals surface area contributed by atoms with Crippen LogP contribution in [0.2, 0.25) is 0 Å². The van der Waals surface area contributed by atoms with Crippen LogP contribution in [-0.4, -0.2) is 21.3 Å². The molecule has 0 radical (unpaired) electrons. The summed E-state index contributed by atoms with van der Waals surface area (Å²) in [6, 6.07) is 29.5. The highest BCUT2D eigenvalue weighted by Gasteiger charge is 2.39. The summed E-state index contributed by atoms with van der Waals surface area (Å²) in [6.07, 6.45) is 0. The summed E-state index contributed by atoms with van der Waals surface area (Å²) in [5, 5.41) is 1.74. The topological polar surface area (TPSA) is 60.4 Å². The summed E-state index contributed by atoms with van der Waals surface area (Å²) in [7, 11) is -2.95. The number of carbonyl (C=O) groups is 1. The van der Waals surface area contributed by atoms with E-state index in [9.17, 15) is 13.2 Å². The zero-order chi connectivity index (χ0) is 22.3. The Balaban J connectivity index is 1.88. The van der Waals surface area contributed by atoms with E-state index in [0.29, 0.717) is 16.7 Å². The van der Waals surface area contributed by atoms with Gasteiger partial charge in [0.1, 0.15) is 4.91 Å². The third-order valence-corrected chi connectivity index (χ3v) is 7.27. The quantitative estimate of drug-likeness (QED) is 0.287. The molecule has 0 fully saturated rings. The molecule has 1 aliphatic carbocycles. The maximum Gasteiger partial charge on any atom is 0.297 e. The largest absolute Gasteiger partial charge is 0.297 e. The number of hydrogen-bond acceptors (Lipinski definition) is 4. The normalized spacial score (nSPS) is 14.0. The van der Waals surface area contributed by atoms with Crippen LogP contribution in [-0.2, 0) is 14.3 Å². The van der Waals surface area contributed by atoms with Gasteiger partial charge in [-0.2, -0.15) is 8.42 Å². The minimum atomic E-state index is -4.10. The maximum atomic E-state index is 13.9. The van der Waals surface area contributed by atoms with Crippen LogP contribution in [0.3, 0.4) is 0 Å². The van der Waals surface area contributed by atoms with Crippen LogP contribution < -0.4 is 0 Å². The van der Waals surface area contributed by atoms with E-state index in [1.165, 1.54) is 0 Å². The molecule has 0 amide bonds. The van der Waals surface area contributed by atoms with Gasteiger partial charge in [-0.3, -0.25) is 8.98 Å². The predicted octanol–water partition coefficient (Wildman–Crippen LogP) is 5.66. The van der Waals surface area contributed by atoms with Crippen LogP contribution >= 0.6 is 0 Å². The van der Waals surface area contributed by atoms with Gasteiger partial charge in [0.25, 0.3) is 10.1 Å². The molecular formula is C27H20O4S. The highest BCUT2D eigenvalue weighted by Crippen LogP contribution is 2.51. The summed E-state index contributed by atoms with van der Waals surface area (Å²) in [6.45, 7) is 0. The predicted molar refractivity (Wildman–Crippen MR) is 127 cm³/mol. The van der Waals surface area contributed by atoms with Crippen molar-refractivity contribution in [3.8, 4) is 0 Å². The van der Waals surface area contributed by atoms with E-state index >= 15 is 0 Å². The summed E-state index contributed by atoms with van der Waals surface area (Å²) in [4.78, 5) is 14.0. The molecule has 0 saturated carbocycles. The van der Waals surface area contributed by atoms with Crippen molar-refractivity contribution in [1.82, 2.24) is 0 Å². The summed E-state index contributed by atoms with van der Waals surface area (Å²) in [5.41, 5.74) is 3.01. The molecule has 158 valence electrons. The number of allylic oxidation sites excluding steroid dienone is 1. The highest BCUT2D eigenvalue weighted by atomic mass is 32.2. The average Bonchev–Trinajstić information content (AvgIpc) is 3.17. The SMILES string of the molecule is COS(=O)(=O)C1=C(C(C(=O)c2ccccc2)c2ccccc2)c2cccc3cccc1c23. The van der Waals surface area contributed by atoms with Crippen LogP contribution in [0.4, 0.5) is 0 Å². The standard InChI is InChI=1S/C27H20O4S/c1-31-32(29,30)27-22-17-9-15-18-14-8-16-21(23(18)22)25(27)24(19-10-4-2-5-11-19)26(28)20-12-6-3-7-13-20/h2-17,24H,1H3. The first-order chi connectivity index (χ1) is 15.5. The van der Waals surface area contributed by atoms with Gasteiger partial charge < -0.3 is 0 Å². The van der Waals surface area contributed by atoms with Gasteiger partial charge in [-0.05, 0) is 27.5 Å². The number of Topliss-reactive ketones (excluding diaryl/α,β-unsaturated/α-hetero) is 1. The molecule has 1 unspecified atom stereocenters. The second kappa shape index (κ2) is 7.86. The number of carbonyl (C=O) groups excluding carboxylic acids is 1. The van der Waals surface area contributed by atoms with E-state index in [2.05, 4.69) is 0 Å². The fourth-order valence-corrected chi connectivity index (χ4v) is 5.63. The minimum Gasteiger partial charge on any atom is -0.293 e. The minimum absolute atomic E-state index is 0.0601. The molecule has 1 atom stereocenters. The van der Waals surface area contributed by atoms with Crippen LogP contribution in [0.25, 0.3) is 21.3 Å². The molecule has 0 N–H and O–H groups in total. The average molecular weight is 441 g/mol. The van der Waals surface area contributed by atoms with Crippen molar-refractivity contribution in [2.75, 3.05) is 7.11 Å². The second-order valence-electron chi connectivity index (χ2n) is 7.65. The Bertz CT molecular complexity index is 1470. The molecule has 0 saturated heterocycles. The molecule has 32 heavy (non-hydrogen) atoms.